The molecule has 3 heterocycles. The number of benzene rings is 2. The lowest BCUT2D eigenvalue weighted by atomic mass is 10.2. The highest BCUT2D eigenvalue weighted by Crippen LogP contribution is 2.35. The van der Waals surface area contributed by atoms with E-state index in [0.717, 1.165) is 11.9 Å². The number of rotatable bonds is 9. The molecule has 1 amide bonds. The Balaban J connectivity index is 1.28. The molecule has 0 unspecified atom stereocenters. The standard InChI is InChI=1S/C28H34F2N8O5S/c1-19(39)35-8-10-36(11-9-35)20-4-6-23(25(16-20)42-2)33-28-31-18-22(29)27(34-28)32-24-7-5-21(17-26(24)43-30)37-12-14-38(15-13-37)44(3,40)41/h4-7,16-18H,8-15H2,1-3H3,(H2,31,32,33,34). The van der Waals surface area contributed by atoms with Gasteiger partial charge in [0.2, 0.25) is 21.9 Å². The first-order valence-corrected chi connectivity index (χ1v) is 15.8. The SMILES string of the molecule is COc1cc(N2CCN(C(C)=O)CC2)ccc1Nc1ncc(F)c(Nc2ccc(N3CCN(S(C)(=O)=O)CC3)cc2OF)n1. The van der Waals surface area contributed by atoms with Crippen LogP contribution in [-0.4, -0.2) is 99.2 Å². The minimum absolute atomic E-state index is 0.0580. The fourth-order valence-electron chi connectivity index (χ4n) is 5.18. The molecule has 2 fully saturated rings. The Morgan fingerprint density at radius 2 is 1.45 bits per heavy atom. The van der Waals surface area contributed by atoms with E-state index >= 15 is 0 Å². The quantitative estimate of drug-likeness (QED) is 0.361. The van der Waals surface area contributed by atoms with Crippen LogP contribution in [0.4, 0.5) is 43.4 Å². The highest BCUT2D eigenvalue weighted by Gasteiger charge is 2.25. The van der Waals surface area contributed by atoms with Gasteiger partial charge in [0.05, 0.1) is 30.9 Å². The molecule has 0 saturated carbocycles. The van der Waals surface area contributed by atoms with Gasteiger partial charge in [0, 0.05) is 87.3 Å². The first kappa shape index (κ1) is 31.0. The fourth-order valence-corrected chi connectivity index (χ4v) is 6.00. The zero-order chi connectivity index (χ0) is 31.4. The summed E-state index contributed by atoms with van der Waals surface area (Å²) in [4.78, 5) is 29.9. The van der Waals surface area contributed by atoms with Crippen LogP contribution in [-0.2, 0) is 14.8 Å². The molecule has 0 bridgehead atoms. The van der Waals surface area contributed by atoms with Gasteiger partial charge in [0.25, 0.3) is 0 Å². The average Bonchev–Trinajstić information content (AvgIpc) is 3.02. The van der Waals surface area contributed by atoms with Crippen LogP contribution in [0.1, 0.15) is 6.92 Å². The first-order valence-electron chi connectivity index (χ1n) is 13.9. The molecule has 5 rings (SSSR count). The van der Waals surface area contributed by atoms with Crippen LogP contribution in [0.2, 0.25) is 0 Å². The van der Waals surface area contributed by atoms with Gasteiger partial charge in [-0.05, 0) is 24.3 Å². The van der Waals surface area contributed by atoms with Gasteiger partial charge in [-0.25, -0.2) is 17.8 Å². The van der Waals surface area contributed by atoms with Crippen molar-refractivity contribution in [1.82, 2.24) is 19.2 Å². The molecule has 2 saturated heterocycles. The summed E-state index contributed by atoms with van der Waals surface area (Å²) in [7, 11) is -1.76. The van der Waals surface area contributed by atoms with Crippen LogP contribution in [0.3, 0.4) is 0 Å². The Kier molecular flexibility index (Phi) is 9.20. The molecule has 2 aliphatic heterocycles. The number of anilines is 6. The molecular weight excluding hydrogens is 598 g/mol. The molecule has 16 heteroatoms. The maximum atomic E-state index is 14.7. The number of aromatic nitrogens is 2. The molecule has 0 radical (unpaired) electrons. The molecule has 13 nitrogen and oxygen atoms in total. The lowest BCUT2D eigenvalue weighted by Crippen LogP contribution is -2.48. The zero-order valence-electron chi connectivity index (χ0n) is 24.6. The van der Waals surface area contributed by atoms with Gasteiger partial charge in [0.1, 0.15) is 5.75 Å². The number of carbonyl (C=O) groups excluding carboxylic acids is 1. The Morgan fingerprint density at radius 3 is 2.00 bits per heavy atom. The molecule has 0 atom stereocenters. The number of amides is 1. The van der Waals surface area contributed by atoms with E-state index < -0.39 is 15.8 Å². The van der Waals surface area contributed by atoms with E-state index in [4.69, 9.17) is 4.74 Å². The smallest absolute Gasteiger partial charge is 0.229 e. The molecule has 236 valence electrons. The lowest BCUT2D eigenvalue weighted by Gasteiger charge is -2.35. The summed E-state index contributed by atoms with van der Waals surface area (Å²) >= 11 is 0. The number of nitrogens with zero attached hydrogens (tertiary/aromatic N) is 6. The molecule has 44 heavy (non-hydrogen) atoms. The summed E-state index contributed by atoms with van der Waals surface area (Å²) in [6.07, 6.45) is 2.15. The predicted molar refractivity (Wildman–Crippen MR) is 163 cm³/mol. The molecule has 0 spiro atoms. The van der Waals surface area contributed by atoms with E-state index in [1.165, 1.54) is 29.8 Å². The normalized spacial score (nSPS) is 16.1. The van der Waals surface area contributed by atoms with Crippen LogP contribution in [0, 0.1) is 5.82 Å². The Labute approximate surface area is 254 Å². The number of sulfonamides is 1. The van der Waals surface area contributed by atoms with Gasteiger partial charge in [-0.1, -0.05) is 0 Å². The van der Waals surface area contributed by atoms with Crippen molar-refractivity contribution < 1.29 is 31.8 Å². The van der Waals surface area contributed by atoms with Gasteiger partial charge in [-0.3, -0.25) is 9.74 Å². The number of hydrogen-bond donors (Lipinski definition) is 2. The van der Waals surface area contributed by atoms with Gasteiger partial charge < -0.3 is 30.1 Å². The number of carbonyl (C=O) groups is 1. The summed E-state index contributed by atoms with van der Waals surface area (Å²) < 4.78 is 58.9. The van der Waals surface area contributed by atoms with Crippen LogP contribution in [0.25, 0.3) is 0 Å². The maximum Gasteiger partial charge on any atom is 0.229 e. The highest BCUT2D eigenvalue weighted by atomic mass is 32.2. The second-order valence-electron chi connectivity index (χ2n) is 10.4. The van der Waals surface area contributed by atoms with Crippen molar-refractivity contribution in [3.8, 4) is 11.5 Å². The monoisotopic (exact) mass is 632 g/mol. The number of methoxy groups -OCH3 is 1. The molecule has 2 N–H and O–H groups in total. The van der Waals surface area contributed by atoms with Crippen molar-refractivity contribution in [3.05, 3.63) is 48.4 Å². The van der Waals surface area contributed by atoms with Crippen LogP contribution >= 0.6 is 0 Å². The summed E-state index contributed by atoms with van der Waals surface area (Å²) in [5.74, 6) is -0.537. The van der Waals surface area contributed by atoms with E-state index in [2.05, 4.69) is 30.4 Å². The number of halogens is 2. The fraction of sp³-hybridized carbons (Fsp3) is 0.393. The second kappa shape index (κ2) is 13.1. The number of ether oxygens (including phenoxy) is 1. The highest BCUT2D eigenvalue weighted by molar-refractivity contribution is 7.88. The van der Waals surface area contributed by atoms with Crippen LogP contribution in [0.15, 0.2) is 42.6 Å². The van der Waals surface area contributed by atoms with Gasteiger partial charge in [0.15, 0.2) is 17.4 Å². The van der Waals surface area contributed by atoms with Crippen molar-refractivity contribution in [2.45, 2.75) is 6.92 Å². The predicted octanol–water partition coefficient (Wildman–Crippen LogP) is 3.12. The number of piperazine rings is 2. The molecule has 0 aliphatic carbocycles. The van der Waals surface area contributed by atoms with Gasteiger partial charge in [-0.2, -0.15) is 9.29 Å². The summed E-state index contributed by atoms with van der Waals surface area (Å²) in [5, 5.41) is 5.80. The summed E-state index contributed by atoms with van der Waals surface area (Å²) in [6, 6.07) is 10.2. The van der Waals surface area contributed by atoms with E-state index in [1.54, 1.807) is 19.1 Å². The number of hydrogen-bond acceptors (Lipinski definition) is 11. The molecule has 1 aromatic heterocycles. The Hall–Kier alpha value is -4.44. The van der Waals surface area contributed by atoms with E-state index in [1.807, 2.05) is 21.9 Å². The second-order valence-corrected chi connectivity index (χ2v) is 12.4. The summed E-state index contributed by atoms with van der Waals surface area (Å²) in [6.45, 7) is 5.67. The maximum absolute atomic E-state index is 14.7. The third-order valence-corrected chi connectivity index (χ3v) is 8.94. The molecule has 3 aromatic rings. The van der Waals surface area contributed by atoms with Gasteiger partial charge in [-0.15, -0.1) is 0 Å². The first-order chi connectivity index (χ1) is 21.0. The van der Waals surface area contributed by atoms with E-state index in [0.29, 0.717) is 69.5 Å². The van der Waals surface area contributed by atoms with Gasteiger partial charge >= 0.3 is 0 Å². The molecule has 2 aliphatic rings. The Bertz CT molecular complexity index is 1610. The van der Waals surface area contributed by atoms with E-state index in [9.17, 15) is 22.1 Å². The van der Waals surface area contributed by atoms with Crippen molar-refractivity contribution in [1.29, 1.82) is 0 Å². The van der Waals surface area contributed by atoms with Crippen LogP contribution in [0.5, 0.6) is 11.5 Å². The van der Waals surface area contributed by atoms with Crippen molar-refractivity contribution in [2.24, 2.45) is 0 Å². The number of nitrogens with one attached hydrogen (secondary N) is 2. The largest absolute Gasteiger partial charge is 0.494 e. The van der Waals surface area contributed by atoms with Crippen molar-refractivity contribution in [2.75, 3.05) is 86.2 Å². The summed E-state index contributed by atoms with van der Waals surface area (Å²) in [5.41, 5.74) is 2.22. The topological polar surface area (TPSA) is 132 Å². The third kappa shape index (κ3) is 7.02. The minimum Gasteiger partial charge on any atom is -0.494 e. The lowest BCUT2D eigenvalue weighted by molar-refractivity contribution is -0.129. The van der Waals surface area contributed by atoms with Crippen LogP contribution < -0.4 is 30.1 Å². The molecule has 2 aromatic carbocycles. The zero-order valence-corrected chi connectivity index (χ0v) is 25.4. The molecular formula is C28H34F2N8O5S. The van der Waals surface area contributed by atoms with E-state index in [-0.39, 0.29) is 29.1 Å². The average molecular weight is 633 g/mol. The van der Waals surface area contributed by atoms with Crippen molar-refractivity contribution in [3.63, 3.8) is 0 Å². The van der Waals surface area contributed by atoms with Crippen molar-refractivity contribution >= 4 is 50.4 Å². The Morgan fingerprint density at radius 1 is 0.886 bits per heavy atom. The minimum atomic E-state index is -3.29. The third-order valence-electron chi connectivity index (χ3n) is 7.64.